The van der Waals surface area contributed by atoms with Crippen molar-refractivity contribution in [2.45, 2.75) is 19.9 Å². The van der Waals surface area contributed by atoms with Gasteiger partial charge in [-0.15, -0.1) is 0 Å². The zero-order valence-corrected chi connectivity index (χ0v) is 15.6. The van der Waals surface area contributed by atoms with Gasteiger partial charge >= 0.3 is 0 Å². The third kappa shape index (κ3) is 4.89. The molecule has 0 radical (unpaired) electrons. The number of rotatable bonds is 7. The number of ether oxygens (including phenoxy) is 2. The van der Waals surface area contributed by atoms with Crippen LogP contribution in [0.15, 0.2) is 42.5 Å². The molecule has 1 atom stereocenters. The zero-order valence-electron chi connectivity index (χ0n) is 14.8. The number of nitrogens with one attached hydrogen (secondary N) is 2. The smallest absolute Gasteiger partial charge is 0.253 e. The molecule has 0 fully saturated rings. The van der Waals surface area contributed by atoms with Crippen molar-refractivity contribution in [2.75, 3.05) is 19.0 Å². The molecule has 0 spiro atoms. The van der Waals surface area contributed by atoms with Crippen molar-refractivity contribution in [1.29, 1.82) is 0 Å². The van der Waals surface area contributed by atoms with E-state index in [1.54, 1.807) is 49.4 Å². The van der Waals surface area contributed by atoms with E-state index in [0.717, 1.165) is 0 Å². The van der Waals surface area contributed by atoms with Gasteiger partial charge in [0.05, 0.1) is 24.3 Å². The number of hydrogen-bond donors (Lipinski definition) is 2. The van der Waals surface area contributed by atoms with Crippen LogP contribution < -0.4 is 20.1 Å². The first-order chi connectivity index (χ1) is 12.5. The second-order valence-corrected chi connectivity index (χ2v) is 5.87. The Bertz CT molecular complexity index is 795. The lowest BCUT2D eigenvalue weighted by molar-refractivity contribution is -0.117. The Morgan fingerprint density at radius 3 is 2.54 bits per heavy atom. The van der Waals surface area contributed by atoms with Gasteiger partial charge in [-0.1, -0.05) is 23.7 Å². The first kappa shape index (κ1) is 19.6. The molecule has 2 aromatic carbocycles. The topological polar surface area (TPSA) is 76.7 Å². The van der Waals surface area contributed by atoms with E-state index in [0.29, 0.717) is 34.4 Å². The third-order valence-corrected chi connectivity index (χ3v) is 3.92. The molecule has 6 nitrogen and oxygen atoms in total. The van der Waals surface area contributed by atoms with E-state index in [9.17, 15) is 9.59 Å². The van der Waals surface area contributed by atoms with Crippen LogP contribution in [0.25, 0.3) is 0 Å². The van der Waals surface area contributed by atoms with Gasteiger partial charge in [0.1, 0.15) is 6.04 Å². The summed E-state index contributed by atoms with van der Waals surface area (Å²) in [5.74, 6) is 0.324. The monoisotopic (exact) mass is 376 g/mol. The first-order valence-corrected chi connectivity index (χ1v) is 8.51. The van der Waals surface area contributed by atoms with E-state index < -0.39 is 11.9 Å². The van der Waals surface area contributed by atoms with Gasteiger partial charge < -0.3 is 20.1 Å². The van der Waals surface area contributed by atoms with Gasteiger partial charge in [-0.05, 0) is 38.1 Å². The molecule has 0 aliphatic heterocycles. The minimum Gasteiger partial charge on any atom is -0.493 e. The Hall–Kier alpha value is -2.73. The van der Waals surface area contributed by atoms with E-state index in [1.807, 2.05) is 6.92 Å². The maximum atomic E-state index is 12.3. The summed E-state index contributed by atoms with van der Waals surface area (Å²) in [7, 11) is 1.52. The van der Waals surface area contributed by atoms with Crippen LogP contribution in [0.2, 0.25) is 5.02 Å². The minimum atomic E-state index is -0.753. The standard InChI is InChI=1S/C19H21ClN2O4/c1-4-26-16-10-9-13(11-17(16)25-3)22-18(23)12(2)21-19(24)14-7-5-6-8-15(14)20/h5-12H,4H2,1-3H3,(H,21,24)(H,22,23)/t12-/m0/s1. The normalized spacial score (nSPS) is 11.4. The summed E-state index contributed by atoms with van der Waals surface area (Å²) in [6, 6.07) is 11.0. The van der Waals surface area contributed by atoms with Gasteiger partial charge in [0.15, 0.2) is 11.5 Å². The van der Waals surface area contributed by atoms with E-state index in [1.165, 1.54) is 7.11 Å². The summed E-state index contributed by atoms with van der Waals surface area (Å²) in [5.41, 5.74) is 0.852. The van der Waals surface area contributed by atoms with E-state index in [4.69, 9.17) is 21.1 Å². The van der Waals surface area contributed by atoms with Gasteiger partial charge in [0.25, 0.3) is 5.91 Å². The molecule has 0 unspecified atom stereocenters. The summed E-state index contributed by atoms with van der Waals surface area (Å²) in [6.07, 6.45) is 0. The third-order valence-electron chi connectivity index (χ3n) is 3.59. The van der Waals surface area contributed by atoms with Crippen molar-refractivity contribution in [3.63, 3.8) is 0 Å². The van der Waals surface area contributed by atoms with Gasteiger partial charge in [-0.25, -0.2) is 0 Å². The predicted octanol–water partition coefficient (Wildman–Crippen LogP) is 3.50. The van der Waals surface area contributed by atoms with Crippen LogP contribution in [0.1, 0.15) is 24.2 Å². The Labute approximate surface area is 157 Å². The fraction of sp³-hybridized carbons (Fsp3) is 0.263. The number of hydrogen-bond acceptors (Lipinski definition) is 4. The molecule has 2 rings (SSSR count). The molecule has 0 aromatic heterocycles. The van der Waals surface area contributed by atoms with Crippen LogP contribution in [-0.4, -0.2) is 31.6 Å². The summed E-state index contributed by atoms with van der Waals surface area (Å²) >= 11 is 6.00. The molecule has 0 saturated heterocycles. The number of anilines is 1. The zero-order chi connectivity index (χ0) is 19.1. The highest BCUT2D eigenvalue weighted by Gasteiger charge is 2.18. The molecule has 0 aliphatic rings. The highest BCUT2D eigenvalue weighted by molar-refractivity contribution is 6.33. The fourth-order valence-corrected chi connectivity index (χ4v) is 2.48. The molecule has 0 bridgehead atoms. The van der Waals surface area contributed by atoms with Crippen LogP contribution >= 0.6 is 11.6 Å². The predicted molar refractivity (Wildman–Crippen MR) is 101 cm³/mol. The van der Waals surface area contributed by atoms with Crippen molar-refractivity contribution in [2.24, 2.45) is 0 Å². The molecule has 0 heterocycles. The average Bonchev–Trinajstić information content (AvgIpc) is 2.63. The van der Waals surface area contributed by atoms with E-state index in [2.05, 4.69) is 10.6 Å². The van der Waals surface area contributed by atoms with Crippen molar-refractivity contribution >= 4 is 29.1 Å². The largest absolute Gasteiger partial charge is 0.493 e. The Morgan fingerprint density at radius 1 is 1.15 bits per heavy atom. The molecule has 138 valence electrons. The molecule has 26 heavy (non-hydrogen) atoms. The van der Waals surface area contributed by atoms with Crippen LogP contribution in [0.4, 0.5) is 5.69 Å². The molecule has 7 heteroatoms. The number of carbonyl (C=O) groups excluding carboxylic acids is 2. The van der Waals surface area contributed by atoms with Crippen LogP contribution in [0.5, 0.6) is 11.5 Å². The van der Waals surface area contributed by atoms with Gasteiger partial charge in [-0.2, -0.15) is 0 Å². The summed E-state index contributed by atoms with van der Waals surface area (Å²) in [6.45, 7) is 3.97. The van der Waals surface area contributed by atoms with E-state index in [-0.39, 0.29) is 5.91 Å². The molecule has 2 amide bonds. The Morgan fingerprint density at radius 2 is 1.88 bits per heavy atom. The maximum absolute atomic E-state index is 12.3. The van der Waals surface area contributed by atoms with Crippen molar-refractivity contribution in [3.8, 4) is 11.5 Å². The van der Waals surface area contributed by atoms with Crippen molar-refractivity contribution in [3.05, 3.63) is 53.1 Å². The minimum absolute atomic E-state index is 0.316. The number of halogens is 1. The lowest BCUT2D eigenvalue weighted by Crippen LogP contribution is -2.41. The quantitative estimate of drug-likeness (QED) is 0.775. The average molecular weight is 377 g/mol. The van der Waals surface area contributed by atoms with Gasteiger partial charge in [-0.3, -0.25) is 9.59 Å². The Balaban J connectivity index is 2.03. The number of benzene rings is 2. The number of methoxy groups -OCH3 is 1. The maximum Gasteiger partial charge on any atom is 0.253 e. The van der Waals surface area contributed by atoms with Gasteiger partial charge in [0, 0.05) is 11.8 Å². The van der Waals surface area contributed by atoms with Crippen LogP contribution in [-0.2, 0) is 4.79 Å². The molecule has 2 N–H and O–H groups in total. The molecule has 0 aliphatic carbocycles. The molecular formula is C19H21ClN2O4. The van der Waals surface area contributed by atoms with Crippen molar-refractivity contribution in [1.82, 2.24) is 5.32 Å². The molecule has 0 saturated carbocycles. The van der Waals surface area contributed by atoms with Crippen molar-refractivity contribution < 1.29 is 19.1 Å². The van der Waals surface area contributed by atoms with Crippen LogP contribution in [0.3, 0.4) is 0 Å². The summed E-state index contributed by atoms with van der Waals surface area (Å²) in [5, 5.41) is 5.69. The SMILES string of the molecule is CCOc1ccc(NC(=O)[C@H](C)NC(=O)c2ccccc2Cl)cc1OC. The van der Waals surface area contributed by atoms with Gasteiger partial charge in [0.2, 0.25) is 5.91 Å². The first-order valence-electron chi connectivity index (χ1n) is 8.13. The second kappa shape index (κ2) is 9.10. The Kier molecular flexibility index (Phi) is 6.86. The fourth-order valence-electron chi connectivity index (χ4n) is 2.26. The highest BCUT2D eigenvalue weighted by atomic mass is 35.5. The molecular weight excluding hydrogens is 356 g/mol. The lowest BCUT2D eigenvalue weighted by atomic mass is 10.2. The summed E-state index contributed by atoms with van der Waals surface area (Å²) < 4.78 is 10.7. The number of carbonyl (C=O) groups is 2. The second-order valence-electron chi connectivity index (χ2n) is 5.46. The molecule has 2 aromatic rings. The van der Waals surface area contributed by atoms with Crippen LogP contribution in [0, 0.1) is 0 Å². The van der Waals surface area contributed by atoms with E-state index >= 15 is 0 Å². The number of amides is 2. The lowest BCUT2D eigenvalue weighted by Gasteiger charge is -2.16. The summed E-state index contributed by atoms with van der Waals surface area (Å²) in [4.78, 5) is 24.6. The highest BCUT2D eigenvalue weighted by Crippen LogP contribution is 2.30.